The summed E-state index contributed by atoms with van der Waals surface area (Å²) in [7, 11) is 1.74. The van der Waals surface area contributed by atoms with Gasteiger partial charge in [-0.05, 0) is 46.2 Å². The topological polar surface area (TPSA) is 37.4 Å². The van der Waals surface area contributed by atoms with Crippen molar-refractivity contribution in [3.05, 3.63) is 23.9 Å². The van der Waals surface area contributed by atoms with Crippen LogP contribution in [0.25, 0.3) is 0 Å². The molecule has 0 aliphatic rings. The Balaban J connectivity index is 2.69. The van der Waals surface area contributed by atoms with Crippen LogP contribution in [-0.2, 0) is 11.3 Å². The van der Waals surface area contributed by atoms with Gasteiger partial charge < -0.3 is 15.0 Å². The monoisotopic (exact) mass is 279 g/mol. The van der Waals surface area contributed by atoms with Crippen molar-refractivity contribution in [2.45, 2.75) is 52.7 Å². The first-order valence-corrected chi connectivity index (χ1v) is 7.33. The fourth-order valence-corrected chi connectivity index (χ4v) is 2.09. The van der Waals surface area contributed by atoms with Crippen LogP contribution < -0.4 is 10.2 Å². The number of ether oxygens (including phenoxy) is 1. The van der Waals surface area contributed by atoms with Gasteiger partial charge in [0, 0.05) is 31.9 Å². The van der Waals surface area contributed by atoms with Gasteiger partial charge in [-0.25, -0.2) is 4.98 Å². The van der Waals surface area contributed by atoms with E-state index < -0.39 is 0 Å². The van der Waals surface area contributed by atoms with E-state index in [1.165, 1.54) is 5.56 Å². The minimum Gasteiger partial charge on any atom is -0.383 e. The van der Waals surface area contributed by atoms with Crippen molar-refractivity contribution in [3.63, 3.8) is 0 Å². The van der Waals surface area contributed by atoms with E-state index in [2.05, 4.69) is 62.0 Å². The Morgan fingerprint density at radius 3 is 2.50 bits per heavy atom. The third kappa shape index (κ3) is 5.47. The van der Waals surface area contributed by atoms with Crippen molar-refractivity contribution in [2.75, 3.05) is 25.2 Å². The van der Waals surface area contributed by atoms with Crippen LogP contribution in [0.4, 0.5) is 5.82 Å². The number of likely N-dealkylation sites (N-methyl/N-ethyl adjacent to an activating group) is 1. The first-order chi connectivity index (χ1) is 9.37. The highest BCUT2D eigenvalue weighted by Gasteiger charge is 2.14. The molecule has 0 fully saturated rings. The van der Waals surface area contributed by atoms with Crippen LogP contribution in [0.15, 0.2) is 18.3 Å². The third-order valence-corrected chi connectivity index (χ3v) is 3.21. The Bertz CT molecular complexity index is 384. The average molecular weight is 279 g/mol. The number of methoxy groups -OCH3 is 1. The zero-order valence-electron chi connectivity index (χ0n) is 13.7. The molecule has 20 heavy (non-hydrogen) atoms. The lowest BCUT2D eigenvalue weighted by Crippen LogP contribution is -2.37. The maximum Gasteiger partial charge on any atom is 0.128 e. The van der Waals surface area contributed by atoms with Gasteiger partial charge in [-0.1, -0.05) is 6.07 Å². The van der Waals surface area contributed by atoms with E-state index in [0.29, 0.717) is 12.6 Å². The molecule has 1 heterocycles. The van der Waals surface area contributed by atoms with Crippen molar-refractivity contribution in [3.8, 4) is 0 Å². The van der Waals surface area contributed by atoms with Crippen LogP contribution in [0, 0.1) is 0 Å². The maximum absolute atomic E-state index is 5.23. The van der Waals surface area contributed by atoms with Gasteiger partial charge in [0.1, 0.15) is 5.82 Å². The van der Waals surface area contributed by atoms with E-state index in [4.69, 9.17) is 4.74 Å². The second-order valence-electron chi connectivity index (χ2n) is 6.22. The molecule has 0 aromatic carbocycles. The zero-order valence-corrected chi connectivity index (χ0v) is 13.7. The summed E-state index contributed by atoms with van der Waals surface area (Å²) in [5.74, 6) is 1.01. The number of aromatic nitrogens is 1. The van der Waals surface area contributed by atoms with E-state index >= 15 is 0 Å². The smallest absolute Gasteiger partial charge is 0.128 e. The summed E-state index contributed by atoms with van der Waals surface area (Å²) in [5, 5.41) is 3.47. The van der Waals surface area contributed by atoms with Crippen molar-refractivity contribution in [1.82, 2.24) is 10.3 Å². The molecule has 1 unspecified atom stereocenters. The number of hydrogen-bond acceptors (Lipinski definition) is 4. The summed E-state index contributed by atoms with van der Waals surface area (Å²) in [6, 6.07) is 4.56. The molecule has 114 valence electrons. The fourth-order valence-electron chi connectivity index (χ4n) is 2.09. The van der Waals surface area contributed by atoms with Crippen molar-refractivity contribution >= 4 is 5.82 Å². The lowest BCUT2D eigenvalue weighted by molar-refractivity contribution is 0.181. The highest BCUT2D eigenvalue weighted by Crippen LogP contribution is 2.15. The molecular weight excluding hydrogens is 250 g/mol. The van der Waals surface area contributed by atoms with Crippen LogP contribution in [0.2, 0.25) is 0 Å². The predicted molar refractivity (Wildman–Crippen MR) is 85.2 cm³/mol. The summed E-state index contributed by atoms with van der Waals surface area (Å²) in [6.07, 6.45) is 1.95. The molecule has 1 atom stereocenters. The molecule has 1 N–H and O–H groups in total. The van der Waals surface area contributed by atoms with E-state index in [1.807, 2.05) is 6.20 Å². The van der Waals surface area contributed by atoms with Crippen LogP contribution in [0.5, 0.6) is 0 Å². The number of anilines is 1. The Morgan fingerprint density at radius 1 is 1.35 bits per heavy atom. The SMILES string of the molecule is CCN(c1ccc(CNC(C)(C)C)cn1)C(C)COC. The van der Waals surface area contributed by atoms with Gasteiger partial charge in [0.25, 0.3) is 0 Å². The molecule has 0 saturated heterocycles. The summed E-state index contributed by atoms with van der Waals surface area (Å²) >= 11 is 0. The fraction of sp³-hybridized carbons (Fsp3) is 0.688. The molecule has 0 aliphatic heterocycles. The molecule has 0 bridgehead atoms. The Hall–Kier alpha value is -1.13. The van der Waals surface area contributed by atoms with Gasteiger partial charge in [-0.15, -0.1) is 0 Å². The van der Waals surface area contributed by atoms with Gasteiger partial charge in [-0.3, -0.25) is 0 Å². The Kier molecular flexibility index (Phi) is 6.43. The second-order valence-corrected chi connectivity index (χ2v) is 6.22. The van der Waals surface area contributed by atoms with Gasteiger partial charge in [-0.2, -0.15) is 0 Å². The molecule has 0 radical (unpaired) electrons. The van der Waals surface area contributed by atoms with Crippen LogP contribution >= 0.6 is 0 Å². The number of hydrogen-bond donors (Lipinski definition) is 1. The molecule has 0 saturated carbocycles. The minimum absolute atomic E-state index is 0.126. The van der Waals surface area contributed by atoms with E-state index in [-0.39, 0.29) is 5.54 Å². The first kappa shape index (κ1) is 16.9. The molecule has 1 aromatic heterocycles. The molecule has 0 spiro atoms. The first-order valence-electron chi connectivity index (χ1n) is 7.33. The van der Waals surface area contributed by atoms with Gasteiger partial charge in [0.15, 0.2) is 0 Å². The summed E-state index contributed by atoms with van der Waals surface area (Å²) < 4.78 is 5.23. The quantitative estimate of drug-likeness (QED) is 0.833. The summed E-state index contributed by atoms with van der Waals surface area (Å²) in [4.78, 5) is 6.84. The molecule has 0 amide bonds. The van der Waals surface area contributed by atoms with Crippen LogP contribution in [-0.4, -0.2) is 36.8 Å². The standard InChI is InChI=1S/C16H29N3O/c1-7-19(13(2)12-20-6)15-9-8-14(10-17-15)11-18-16(3,4)5/h8-10,13,18H,7,11-12H2,1-6H3. The lowest BCUT2D eigenvalue weighted by atomic mass is 10.1. The summed E-state index contributed by atoms with van der Waals surface area (Å²) in [5.41, 5.74) is 1.33. The number of nitrogens with zero attached hydrogens (tertiary/aromatic N) is 2. The predicted octanol–water partition coefficient (Wildman–Crippen LogP) is 2.83. The highest BCUT2D eigenvalue weighted by molar-refractivity contribution is 5.40. The molecule has 1 rings (SSSR count). The van der Waals surface area contributed by atoms with Crippen molar-refractivity contribution in [2.24, 2.45) is 0 Å². The molecular formula is C16H29N3O. The number of pyridine rings is 1. The second kappa shape index (κ2) is 7.60. The maximum atomic E-state index is 5.23. The third-order valence-electron chi connectivity index (χ3n) is 3.21. The van der Waals surface area contributed by atoms with Crippen molar-refractivity contribution in [1.29, 1.82) is 0 Å². The van der Waals surface area contributed by atoms with Gasteiger partial charge >= 0.3 is 0 Å². The lowest BCUT2D eigenvalue weighted by Gasteiger charge is -2.28. The molecule has 0 aliphatic carbocycles. The highest BCUT2D eigenvalue weighted by atomic mass is 16.5. The van der Waals surface area contributed by atoms with Crippen LogP contribution in [0.3, 0.4) is 0 Å². The molecule has 4 nitrogen and oxygen atoms in total. The Labute approximate surface area is 123 Å². The van der Waals surface area contributed by atoms with Crippen molar-refractivity contribution < 1.29 is 4.74 Å². The number of rotatable bonds is 7. The normalized spacial score (nSPS) is 13.3. The zero-order chi connectivity index (χ0) is 15.2. The molecule has 1 aromatic rings. The van der Waals surface area contributed by atoms with Gasteiger partial charge in [0.2, 0.25) is 0 Å². The average Bonchev–Trinajstić information content (AvgIpc) is 2.38. The van der Waals surface area contributed by atoms with E-state index in [9.17, 15) is 0 Å². The van der Waals surface area contributed by atoms with E-state index in [1.54, 1.807) is 7.11 Å². The molecule has 4 heteroatoms. The van der Waals surface area contributed by atoms with Crippen LogP contribution in [0.1, 0.15) is 40.2 Å². The summed E-state index contributed by atoms with van der Waals surface area (Å²) in [6.45, 7) is 13.3. The van der Waals surface area contributed by atoms with E-state index in [0.717, 1.165) is 18.9 Å². The van der Waals surface area contributed by atoms with Gasteiger partial charge in [0.05, 0.1) is 12.6 Å². The Morgan fingerprint density at radius 2 is 2.05 bits per heavy atom. The largest absolute Gasteiger partial charge is 0.383 e. The minimum atomic E-state index is 0.126. The number of nitrogens with one attached hydrogen (secondary N) is 1.